The molecule has 8 heteroatoms. The molecule has 1 aliphatic carbocycles. The highest BCUT2D eigenvalue weighted by Crippen LogP contribution is 2.52. The number of rotatable bonds is 6. The van der Waals surface area contributed by atoms with Crippen LogP contribution in [0.15, 0.2) is 42.9 Å². The zero-order valence-electron chi connectivity index (χ0n) is 16.9. The van der Waals surface area contributed by atoms with Crippen LogP contribution in [-0.2, 0) is 6.42 Å². The van der Waals surface area contributed by atoms with Gasteiger partial charge in [0.25, 0.3) is 0 Å². The van der Waals surface area contributed by atoms with Crippen LogP contribution in [0, 0.1) is 29.4 Å². The molecule has 3 aromatic rings. The molecule has 5 nitrogen and oxygen atoms in total. The van der Waals surface area contributed by atoms with Gasteiger partial charge in [-0.3, -0.25) is 0 Å². The molecule has 3 atom stereocenters. The normalized spacial score (nSPS) is 21.8. The molecule has 2 unspecified atom stereocenters. The lowest BCUT2D eigenvalue weighted by Gasteiger charge is -2.20. The van der Waals surface area contributed by atoms with Gasteiger partial charge < -0.3 is 9.64 Å². The summed E-state index contributed by atoms with van der Waals surface area (Å²) in [6, 6.07) is 5.77. The van der Waals surface area contributed by atoms with Crippen molar-refractivity contribution in [2.24, 2.45) is 17.8 Å². The van der Waals surface area contributed by atoms with Gasteiger partial charge in [0.05, 0.1) is 6.61 Å². The lowest BCUT2D eigenvalue weighted by molar-refractivity contribution is 0.257. The third-order valence-electron chi connectivity index (χ3n) is 6.23. The first-order chi connectivity index (χ1) is 15.0. The molecule has 1 aromatic carbocycles. The third kappa shape index (κ3) is 3.94. The molecule has 0 radical (unpaired) electrons. The van der Waals surface area contributed by atoms with Crippen LogP contribution in [0.5, 0.6) is 5.75 Å². The Morgan fingerprint density at radius 3 is 2.26 bits per heavy atom. The van der Waals surface area contributed by atoms with Gasteiger partial charge in [-0.1, -0.05) is 18.5 Å². The smallest absolute Gasteiger partial charge is 0.225 e. The van der Waals surface area contributed by atoms with E-state index in [1.54, 1.807) is 12.1 Å². The Kier molecular flexibility index (Phi) is 5.22. The number of ether oxygens (including phenoxy) is 1. The summed E-state index contributed by atoms with van der Waals surface area (Å²) < 4.78 is 34.7. The fourth-order valence-corrected chi connectivity index (χ4v) is 4.46. The third-order valence-corrected chi connectivity index (χ3v) is 6.46. The summed E-state index contributed by atoms with van der Waals surface area (Å²) in [6.07, 6.45) is 6.12. The van der Waals surface area contributed by atoms with Gasteiger partial charge in [0, 0.05) is 43.2 Å². The van der Waals surface area contributed by atoms with Gasteiger partial charge in [-0.25, -0.2) is 23.7 Å². The summed E-state index contributed by atoms with van der Waals surface area (Å²) >= 11 is 5.77. The molecule has 2 aliphatic rings. The minimum Gasteiger partial charge on any atom is -0.487 e. The van der Waals surface area contributed by atoms with Crippen LogP contribution in [0.4, 0.5) is 14.7 Å². The van der Waals surface area contributed by atoms with Crippen LogP contribution in [0.1, 0.15) is 12.5 Å². The average molecular weight is 443 g/mol. The second kappa shape index (κ2) is 8.04. The van der Waals surface area contributed by atoms with E-state index in [0.717, 1.165) is 31.0 Å². The molecule has 31 heavy (non-hydrogen) atoms. The second-order valence-corrected chi connectivity index (χ2v) is 8.48. The number of halogens is 3. The Balaban J connectivity index is 1.19. The Bertz CT molecular complexity index is 1060. The Labute approximate surface area is 184 Å². The predicted molar refractivity (Wildman–Crippen MR) is 114 cm³/mol. The van der Waals surface area contributed by atoms with E-state index in [-0.39, 0.29) is 5.75 Å². The first-order valence-electron chi connectivity index (χ1n) is 10.3. The number of benzene rings is 1. The lowest BCUT2D eigenvalue weighted by Crippen LogP contribution is -2.27. The molecule has 1 saturated heterocycles. The number of piperidine rings is 1. The number of aryl methyl sites for hydroxylation is 1. The maximum absolute atomic E-state index is 14.5. The number of nitrogens with zero attached hydrogens (tertiary/aromatic N) is 4. The van der Waals surface area contributed by atoms with E-state index in [4.69, 9.17) is 16.3 Å². The van der Waals surface area contributed by atoms with Crippen LogP contribution < -0.4 is 9.64 Å². The quantitative estimate of drug-likeness (QED) is 0.513. The number of fused-ring (bicyclic) bond motifs is 1. The zero-order chi connectivity index (χ0) is 21.5. The van der Waals surface area contributed by atoms with Crippen molar-refractivity contribution in [3.63, 3.8) is 0 Å². The molecule has 2 fully saturated rings. The van der Waals surface area contributed by atoms with Gasteiger partial charge in [0.1, 0.15) is 5.15 Å². The van der Waals surface area contributed by atoms with Crippen LogP contribution >= 0.6 is 11.6 Å². The SMILES string of the molecule is CCc1cnc(N2CC3C(COc4c(F)cc(-c5ccc(Cl)nc5)cc4F)[C@@H]3C2)nc1. The monoisotopic (exact) mass is 442 g/mol. The number of hydrogen-bond donors (Lipinski definition) is 0. The lowest BCUT2D eigenvalue weighted by atomic mass is 10.1. The molecule has 160 valence electrons. The van der Waals surface area contributed by atoms with Gasteiger partial charge >= 0.3 is 0 Å². The summed E-state index contributed by atoms with van der Waals surface area (Å²) in [6.45, 7) is 4.06. The Morgan fingerprint density at radius 1 is 1.00 bits per heavy atom. The van der Waals surface area contributed by atoms with Crippen LogP contribution in [0.2, 0.25) is 5.15 Å². The number of aromatic nitrogens is 3. The molecule has 1 aliphatic heterocycles. The highest BCUT2D eigenvalue weighted by atomic mass is 35.5. The van der Waals surface area contributed by atoms with E-state index in [0.29, 0.717) is 40.6 Å². The van der Waals surface area contributed by atoms with Crippen LogP contribution in [0.25, 0.3) is 11.1 Å². The minimum absolute atomic E-state index is 0.296. The van der Waals surface area contributed by atoms with Gasteiger partial charge in [-0.05, 0) is 53.6 Å². The molecule has 0 amide bonds. The molecule has 0 N–H and O–H groups in total. The first-order valence-corrected chi connectivity index (χ1v) is 10.7. The van der Waals surface area contributed by atoms with E-state index in [2.05, 4.69) is 26.8 Å². The van der Waals surface area contributed by atoms with Gasteiger partial charge in [0.15, 0.2) is 17.4 Å². The largest absolute Gasteiger partial charge is 0.487 e. The maximum atomic E-state index is 14.5. The average Bonchev–Trinajstić information content (AvgIpc) is 3.22. The van der Waals surface area contributed by atoms with Crippen molar-refractivity contribution >= 4 is 17.5 Å². The van der Waals surface area contributed by atoms with E-state index in [9.17, 15) is 8.78 Å². The highest BCUT2D eigenvalue weighted by molar-refractivity contribution is 6.29. The molecule has 0 spiro atoms. The zero-order valence-corrected chi connectivity index (χ0v) is 17.7. The van der Waals surface area contributed by atoms with Crippen molar-refractivity contribution in [3.8, 4) is 16.9 Å². The number of hydrogen-bond acceptors (Lipinski definition) is 5. The van der Waals surface area contributed by atoms with Crippen molar-refractivity contribution in [2.45, 2.75) is 13.3 Å². The minimum atomic E-state index is -0.721. The van der Waals surface area contributed by atoms with Crippen molar-refractivity contribution in [3.05, 3.63) is 65.2 Å². The molecule has 5 rings (SSSR count). The summed E-state index contributed by atoms with van der Waals surface area (Å²) in [5.41, 5.74) is 2.08. The Hall–Kier alpha value is -2.80. The molecular weight excluding hydrogens is 422 g/mol. The second-order valence-electron chi connectivity index (χ2n) is 8.09. The topological polar surface area (TPSA) is 51.1 Å². The molecule has 2 aromatic heterocycles. The van der Waals surface area contributed by atoms with Gasteiger partial charge in [-0.2, -0.15) is 0 Å². The van der Waals surface area contributed by atoms with Gasteiger partial charge in [0.2, 0.25) is 5.95 Å². The van der Waals surface area contributed by atoms with E-state index >= 15 is 0 Å². The van der Waals surface area contributed by atoms with E-state index in [1.807, 2.05) is 12.4 Å². The van der Waals surface area contributed by atoms with E-state index < -0.39 is 11.6 Å². The molecular formula is C23H21ClF2N4O. The Morgan fingerprint density at radius 2 is 1.68 bits per heavy atom. The number of anilines is 1. The fourth-order valence-electron chi connectivity index (χ4n) is 4.34. The fraction of sp³-hybridized carbons (Fsp3) is 0.348. The highest BCUT2D eigenvalue weighted by Gasteiger charge is 2.56. The van der Waals surface area contributed by atoms with Crippen LogP contribution in [0.3, 0.4) is 0 Å². The number of pyridine rings is 1. The van der Waals surface area contributed by atoms with Crippen molar-refractivity contribution in [1.29, 1.82) is 0 Å². The summed E-state index contributed by atoms with van der Waals surface area (Å²) in [7, 11) is 0. The van der Waals surface area contributed by atoms with Crippen LogP contribution in [-0.4, -0.2) is 34.6 Å². The van der Waals surface area contributed by atoms with Crippen molar-refractivity contribution in [1.82, 2.24) is 15.0 Å². The van der Waals surface area contributed by atoms with Crippen molar-refractivity contribution < 1.29 is 13.5 Å². The van der Waals surface area contributed by atoms with E-state index in [1.165, 1.54) is 18.3 Å². The standard InChI is InChI=1S/C23H21ClF2N4O/c1-2-13-7-28-23(29-8-13)30-10-16-17(11-30)18(16)12-31-22-19(25)5-15(6-20(22)26)14-3-4-21(24)27-9-14/h3-9,16-18H,2,10-12H2,1H3/t16-,17?,18?/m1/s1. The first kappa shape index (κ1) is 20.1. The molecule has 1 saturated carbocycles. The summed E-state index contributed by atoms with van der Waals surface area (Å²) in [4.78, 5) is 15.0. The summed E-state index contributed by atoms with van der Waals surface area (Å²) in [5.74, 6) is 0.160. The van der Waals surface area contributed by atoms with Crippen molar-refractivity contribution in [2.75, 3.05) is 24.6 Å². The summed E-state index contributed by atoms with van der Waals surface area (Å²) in [5, 5.41) is 0.322. The van der Waals surface area contributed by atoms with Gasteiger partial charge in [-0.15, -0.1) is 0 Å². The predicted octanol–water partition coefficient (Wildman–Crippen LogP) is 4.79. The maximum Gasteiger partial charge on any atom is 0.225 e. The molecule has 3 heterocycles. The molecule has 0 bridgehead atoms.